The number of piperidine rings is 1. The Morgan fingerprint density at radius 1 is 1.22 bits per heavy atom. The van der Waals surface area contributed by atoms with Crippen molar-refractivity contribution in [3.63, 3.8) is 0 Å². The number of aliphatic hydroxyl groups excluding tert-OH is 1. The van der Waals surface area contributed by atoms with E-state index in [4.69, 9.17) is 9.15 Å². The molecule has 1 atom stereocenters. The summed E-state index contributed by atoms with van der Waals surface area (Å²) >= 11 is 0. The second kappa shape index (κ2) is 10.3. The smallest absolute Gasteiger partial charge is 0.223 e. The van der Waals surface area contributed by atoms with Gasteiger partial charge in [0.25, 0.3) is 0 Å². The molecule has 3 rings (SSSR count). The molecule has 0 saturated carbocycles. The van der Waals surface area contributed by atoms with Gasteiger partial charge in [-0.3, -0.25) is 4.79 Å². The molecule has 2 heterocycles. The van der Waals surface area contributed by atoms with Crippen molar-refractivity contribution < 1.29 is 19.1 Å². The lowest BCUT2D eigenvalue weighted by Gasteiger charge is -2.32. The zero-order chi connectivity index (χ0) is 18.9. The molecule has 1 aromatic heterocycles. The first-order valence-electron chi connectivity index (χ1n) is 9.53. The van der Waals surface area contributed by atoms with Crippen LogP contribution in [0.1, 0.15) is 24.2 Å². The molecule has 6 nitrogen and oxygen atoms in total. The van der Waals surface area contributed by atoms with E-state index in [9.17, 15) is 9.90 Å². The number of rotatable bonds is 9. The van der Waals surface area contributed by atoms with Crippen LogP contribution in [0.25, 0.3) is 0 Å². The minimum atomic E-state index is -0.539. The number of ether oxygens (including phenoxy) is 1. The third-order valence-electron chi connectivity index (χ3n) is 4.87. The summed E-state index contributed by atoms with van der Waals surface area (Å²) in [6.45, 7) is 3.42. The standard InChI is InChI=1S/C21H28N2O4/c24-19(15-26-16-20-7-4-12-27-20)14-23-10-8-18(9-11-23)21(25)22-13-17-5-2-1-3-6-17/h1-7,12,18-19,24H,8-11,13-16H2,(H,22,25)/t19-/m1/s1. The summed E-state index contributed by atoms with van der Waals surface area (Å²) in [7, 11) is 0. The van der Waals surface area contributed by atoms with Gasteiger partial charge in [-0.15, -0.1) is 0 Å². The molecule has 0 bridgehead atoms. The van der Waals surface area contributed by atoms with Gasteiger partial charge < -0.3 is 24.5 Å². The highest BCUT2D eigenvalue weighted by Crippen LogP contribution is 2.18. The van der Waals surface area contributed by atoms with Crippen LogP contribution in [-0.2, 0) is 22.7 Å². The minimum Gasteiger partial charge on any atom is -0.467 e. The molecule has 0 radical (unpaired) electrons. The monoisotopic (exact) mass is 372 g/mol. The number of amides is 1. The number of hydrogen-bond donors (Lipinski definition) is 2. The highest BCUT2D eigenvalue weighted by atomic mass is 16.5. The Morgan fingerprint density at radius 2 is 2.00 bits per heavy atom. The average Bonchev–Trinajstić information content (AvgIpc) is 3.21. The van der Waals surface area contributed by atoms with Crippen LogP contribution in [0.3, 0.4) is 0 Å². The molecule has 1 fully saturated rings. The van der Waals surface area contributed by atoms with Crippen LogP contribution in [0, 0.1) is 5.92 Å². The van der Waals surface area contributed by atoms with Crippen LogP contribution < -0.4 is 5.32 Å². The number of carbonyl (C=O) groups excluding carboxylic acids is 1. The third kappa shape index (κ3) is 6.50. The Morgan fingerprint density at radius 3 is 2.70 bits per heavy atom. The Balaban J connectivity index is 1.30. The topological polar surface area (TPSA) is 74.9 Å². The zero-order valence-electron chi connectivity index (χ0n) is 15.5. The zero-order valence-corrected chi connectivity index (χ0v) is 15.5. The number of nitrogens with zero attached hydrogens (tertiary/aromatic N) is 1. The van der Waals surface area contributed by atoms with Gasteiger partial charge in [-0.25, -0.2) is 0 Å². The van der Waals surface area contributed by atoms with Crippen molar-refractivity contribution in [2.45, 2.75) is 32.1 Å². The molecule has 1 aliphatic heterocycles. The number of hydrogen-bond acceptors (Lipinski definition) is 5. The summed E-state index contributed by atoms with van der Waals surface area (Å²) in [5, 5.41) is 13.2. The van der Waals surface area contributed by atoms with Crippen molar-refractivity contribution in [3.8, 4) is 0 Å². The van der Waals surface area contributed by atoms with E-state index in [2.05, 4.69) is 10.2 Å². The van der Waals surface area contributed by atoms with Gasteiger partial charge >= 0.3 is 0 Å². The van der Waals surface area contributed by atoms with E-state index in [-0.39, 0.29) is 18.4 Å². The molecule has 6 heteroatoms. The maximum Gasteiger partial charge on any atom is 0.223 e. The molecule has 1 saturated heterocycles. The van der Waals surface area contributed by atoms with Crippen molar-refractivity contribution in [2.24, 2.45) is 5.92 Å². The van der Waals surface area contributed by atoms with Gasteiger partial charge in [-0.1, -0.05) is 30.3 Å². The molecule has 0 unspecified atom stereocenters. The van der Waals surface area contributed by atoms with Gasteiger partial charge in [-0.2, -0.15) is 0 Å². The molecular weight excluding hydrogens is 344 g/mol. The minimum absolute atomic E-state index is 0.0531. The van der Waals surface area contributed by atoms with E-state index in [1.54, 1.807) is 6.26 Å². The number of aliphatic hydroxyl groups is 1. The second-order valence-corrected chi connectivity index (χ2v) is 7.03. The highest BCUT2D eigenvalue weighted by molar-refractivity contribution is 5.78. The summed E-state index contributed by atoms with van der Waals surface area (Å²) in [5.74, 6) is 0.933. The number of likely N-dealkylation sites (tertiary alicyclic amines) is 1. The number of carbonyl (C=O) groups is 1. The third-order valence-corrected chi connectivity index (χ3v) is 4.87. The van der Waals surface area contributed by atoms with Gasteiger partial charge in [0, 0.05) is 19.0 Å². The molecule has 27 heavy (non-hydrogen) atoms. The predicted molar refractivity (Wildman–Crippen MR) is 102 cm³/mol. The number of nitrogens with one attached hydrogen (secondary N) is 1. The number of β-amino-alcohol motifs (C(OH)–C–C–N with tert-alkyl or cyclic N) is 1. The molecule has 0 aliphatic carbocycles. The second-order valence-electron chi connectivity index (χ2n) is 7.03. The average molecular weight is 372 g/mol. The largest absolute Gasteiger partial charge is 0.467 e. The van der Waals surface area contributed by atoms with E-state index in [0.29, 0.717) is 19.7 Å². The fourth-order valence-corrected chi connectivity index (χ4v) is 3.35. The van der Waals surface area contributed by atoms with E-state index in [1.807, 2.05) is 42.5 Å². The Labute approximate surface area is 160 Å². The van der Waals surface area contributed by atoms with Gasteiger partial charge in [0.15, 0.2) is 0 Å². The lowest BCUT2D eigenvalue weighted by molar-refractivity contribution is -0.126. The van der Waals surface area contributed by atoms with Gasteiger partial charge in [0.1, 0.15) is 12.4 Å². The molecule has 146 valence electrons. The van der Waals surface area contributed by atoms with Crippen molar-refractivity contribution >= 4 is 5.91 Å². The van der Waals surface area contributed by atoms with Crippen LogP contribution in [0.4, 0.5) is 0 Å². The van der Waals surface area contributed by atoms with E-state index in [1.165, 1.54) is 0 Å². The first-order chi connectivity index (χ1) is 13.2. The van der Waals surface area contributed by atoms with Crippen LogP contribution >= 0.6 is 0 Å². The molecule has 2 aromatic rings. The van der Waals surface area contributed by atoms with Crippen LogP contribution in [-0.4, -0.2) is 48.3 Å². The normalized spacial score (nSPS) is 16.9. The lowest BCUT2D eigenvalue weighted by Crippen LogP contribution is -2.43. The van der Waals surface area contributed by atoms with Crippen molar-refractivity contribution in [1.82, 2.24) is 10.2 Å². The summed E-state index contributed by atoms with van der Waals surface area (Å²) < 4.78 is 10.7. The maximum absolute atomic E-state index is 12.3. The number of furan rings is 1. The molecule has 1 amide bonds. The number of benzene rings is 1. The molecule has 2 N–H and O–H groups in total. The molecule has 0 spiro atoms. The van der Waals surface area contributed by atoms with E-state index in [0.717, 1.165) is 37.3 Å². The fraction of sp³-hybridized carbons (Fsp3) is 0.476. The first kappa shape index (κ1) is 19.6. The summed E-state index contributed by atoms with van der Waals surface area (Å²) in [4.78, 5) is 14.5. The predicted octanol–water partition coefficient (Wildman–Crippen LogP) is 2.19. The van der Waals surface area contributed by atoms with Crippen LogP contribution in [0.5, 0.6) is 0 Å². The Hall–Kier alpha value is -2.15. The van der Waals surface area contributed by atoms with Crippen LogP contribution in [0.15, 0.2) is 53.1 Å². The highest BCUT2D eigenvalue weighted by Gasteiger charge is 2.25. The first-order valence-corrected chi connectivity index (χ1v) is 9.53. The lowest BCUT2D eigenvalue weighted by atomic mass is 9.95. The summed E-state index contributed by atoms with van der Waals surface area (Å²) in [6, 6.07) is 13.6. The van der Waals surface area contributed by atoms with E-state index >= 15 is 0 Å². The fourth-order valence-electron chi connectivity index (χ4n) is 3.35. The summed E-state index contributed by atoms with van der Waals surface area (Å²) in [6.07, 6.45) is 2.71. The van der Waals surface area contributed by atoms with Crippen molar-refractivity contribution in [3.05, 3.63) is 60.1 Å². The van der Waals surface area contributed by atoms with Gasteiger partial charge in [0.2, 0.25) is 5.91 Å². The van der Waals surface area contributed by atoms with E-state index < -0.39 is 6.10 Å². The summed E-state index contributed by atoms with van der Waals surface area (Å²) in [5.41, 5.74) is 1.11. The Kier molecular flexibility index (Phi) is 7.45. The Bertz CT molecular complexity index is 667. The van der Waals surface area contributed by atoms with Gasteiger partial charge in [-0.05, 0) is 43.6 Å². The van der Waals surface area contributed by atoms with Crippen molar-refractivity contribution in [2.75, 3.05) is 26.2 Å². The molecule has 1 aliphatic rings. The quantitative estimate of drug-likeness (QED) is 0.706. The molecular formula is C21H28N2O4. The molecule has 1 aromatic carbocycles. The maximum atomic E-state index is 12.3. The SMILES string of the molecule is O=C(NCc1ccccc1)C1CCN(C[C@@H](O)COCc2ccco2)CC1. The van der Waals surface area contributed by atoms with Crippen LogP contribution in [0.2, 0.25) is 0 Å². The van der Waals surface area contributed by atoms with Gasteiger partial charge in [0.05, 0.1) is 19.0 Å². The van der Waals surface area contributed by atoms with Crippen molar-refractivity contribution in [1.29, 1.82) is 0 Å².